The highest BCUT2D eigenvalue weighted by Gasteiger charge is 2.50. The molecule has 4 nitrogen and oxygen atoms in total. The minimum absolute atomic E-state index is 0.115. The number of carbonyl (C=O) groups is 1. The molecule has 2 aliphatic heterocycles. The number of rotatable bonds is 1. The molecule has 0 aliphatic carbocycles. The predicted molar refractivity (Wildman–Crippen MR) is 70.6 cm³/mol. The maximum atomic E-state index is 12.2. The Bertz CT molecular complexity index is 462. The maximum absolute atomic E-state index is 12.2. The third kappa shape index (κ3) is 1.81. The van der Waals surface area contributed by atoms with Crippen LogP contribution in [-0.2, 0) is 4.79 Å². The summed E-state index contributed by atoms with van der Waals surface area (Å²) in [7, 11) is 0. The number of benzene rings is 1. The molecule has 1 aromatic carbocycles. The molecule has 2 aliphatic rings. The zero-order valence-electron chi connectivity index (χ0n) is 10.0. The summed E-state index contributed by atoms with van der Waals surface area (Å²) in [6.07, 6.45) is 0.812. The number of carbonyl (C=O) groups excluding carboxylic acids is 1. The van der Waals surface area contributed by atoms with E-state index in [0.29, 0.717) is 6.67 Å². The van der Waals surface area contributed by atoms with Crippen LogP contribution in [0.15, 0.2) is 24.3 Å². The smallest absolute Gasteiger partial charge is 0.242 e. The van der Waals surface area contributed by atoms with E-state index in [9.17, 15) is 4.79 Å². The van der Waals surface area contributed by atoms with Crippen molar-refractivity contribution in [2.24, 2.45) is 0 Å². The molecule has 2 heterocycles. The largest absolute Gasteiger partial charge is 0.342 e. The van der Waals surface area contributed by atoms with Gasteiger partial charge in [0.05, 0.1) is 6.67 Å². The van der Waals surface area contributed by atoms with Crippen LogP contribution in [0, 0.1) is 0 Å². The van der Waals surface area contributed by atoms with Crippen LogP contribution in [0.1, 0.15) is 17.9 Å². The molecule has 2 fully saturated rings. The van der Waals surface area contributed by atoms with E-state index >= 15 is 0 Å². The lowest BCUT2D eigenvalue weighted by atomic mass is 9.74. The zero-order chi connectivity index (χ0) is 12.6. The number of halogens is 1. The van der Waals surface area contributed by atoms with Gasteiger partial charge in [0.25, 0.3) is 0 Å². The van der Waals surface area contributed by atoms with E-state index in [2.05, 4.69) is 16.0 Å². The summed E-state index contributed by atoms with van der Waals surface area (Å²) in [4.78, 5) is 12.2. The topological polar surface area (TPSA) is 53.2 Å². The Balaban J connectivity index is 1.97. The third-order valence-electron chi connectivity index (χ3n) is 3.97. The van der Waals surface area contributed by atoms with Gasteiger partial charge in [0.15, 0.2) is 0 Å². The minimum atomic E-state index is -0.459. The normalized spacial score (nSPS) is 31.6. The van der Waals surface area contributed by atoms with Gasteiger partial charge in [-0.2, -0.15) is 0 Å². The molecular weight excluding hydrogens is 250 g/mol. The molecule has 0 radical (unpaired) electrons. The number of piperidine rings is 1. The van der Waals surface area contributed by atoms with Gasteiger partial charge in [-0.05, 0) is 30.7 Å². The molecule has 3 rings (SSSR count). The molecule has 0 bridgehead atoms. The molecule has 5 heteroatoms. The summed E-state index contributed by atoms with van der Waals surface area (Å²) in [5.41, 5.74) is 0.690. The van der Waals surface area contributed by atoms with Crippen molar-refractivity contribution in [3.05, 3.63) is 34.9 Å². The number of hydrogen-bond acceptors (Lipinski definition) is 3. The first kappa shape index (κ1) is 12.0. The fraction of sp³-hybridized carbons (Fsp3) is 0.462. The van der Waals surface area contributed by atoms with Crippen LogP contribution in [-0.4, -0.2) is 31.2 Å². The molecule has 2 atom stereocenters. The predicted octanol–water partition coefficient (Wildman–Crippen LogP) is 0.833. The summed E-state index contributed by atoms with van der Waals surface area (Å²) in [6.45, 7) is 2.23. The van der Waals surface area contributed by atoms with Gasteiger partial charge in [-0.15, -0.1) is 0 Å². The van der Waals surface area contributed by atoms with Crippen molar-refractivity contribution in [1.29, 1.82) is 0 Å². The van der Waals surface area contributed by atoms with Crippen molar-refractivity contribution in [3.8, 4) is 0 Å². The van der Waals surface area contributed by atoms with E-state index in [0.717, 1.165) is 30.1 Å². The van der Waals surface area contributed by atoms with Crippen molar-refractivity contribution in [2.45, 2.75) is 17.9 Å². The SMILES string of the molecule is O=C1NCNC12CCNCC2c1ccc(Cl)cc1. The molecule has 0 saturated carbocycles. The molecule has 18 heavy (non-hydrogen) atoms. The van der Waals surface area contributed by atoms with Crippen molar-refractivity contribution in [3.63, 3.8) is 0 Å². The van der Waals surface area contributed by atoms with Crippen LogP contribution in [0.2, 0.25) is 5.02 Å². The van der Waals surface area contributed by atoms with Gasteiger partial charge in [-0.3, -0.25) is 10.1 Å². The highest BCUT2D eigenvalue weighted by molar-refractivity contribution is 6.30. The Morgan fingerprint density at radius 3 is 2.72 bits per heavy atom. The van der Waals surface area contributed by atoms with Crippen LogP contribution in [0.5, 0.6) is 0 Å². The van der Waals surface area contributed by atoms with E-state index in [1.54, 1.807) is 0 Å². The number of hydrogen-bond donors (Lipinski definition) is 3. The van der Waals surface area contributed by atoms with E-state index in [4.69, 9.17) is 11.6 Å². The highest BCUT2D eigenvalue weighted by atomic mass is 35.5. The van der Waals surface area contributed by atoms with Crippen LogP contribution in [0.4, 0.5) is 0 Å². The van der Waals surface area contributed by atoms with Gasteiger partial charge in [0.1, 0.15) is 5.54 Å². The Morgan fingerprint density at radius 2 is 2.06 bits per heavy atom. The van der Waals surface area contributed by atoms with E-state index in [1.165, 1.54) is 0 Å². The van der Waals surface area contributed by atoms with E-state index in [-0.39, 0.29) is 11.8 Å². The second-order valence-corrected chi connectivity index (χ2v) is 5.33. The monoisotopic (exact) mass is 265 g/mol. The Labute approximate surface area is 111 Å². The van der Waals surface area contributed by atoms with Gasteiger partial charge in [-0.1, -0.05) is 23.7 Å². The molecule has 1 spiro atoms. The fourth-order valence-electron chi connectivity index (χ4n) is 2.98. The third-order valence-corrected chi connectivity index (χ3v) is 4.22. The van der Waals surface area contributed by atoms with E-state index < -0.39 is 5.54 Å². The minimum Gasteiger partial charge on any atom is -0.342 e. The molecule has 0 aromatic heterocycles. The van der Waals surface area contributed by atoms with Gasteiger partial charge >= 0.3 is 0 Å². The average molecular weight is 266 g/mol. The summed E-state index contributed by atoms with van der Waals surface area (Å²) in [5, 5.41) is 10.3. The highest BCUT2D eigenvalue weighted by Crippen LogP contribution is 2.35. The lowest BCUT2D eigenvalue weighted by Crippen LogP contribution is -2.58. The molecule has 1 amide bonds. The first-order valence-electron chi connectivity index (χ1n) is 6.22. The van der Waals surface area contributed by atoms with Crippen LogP contribution in [0.25, 0.3) is 0 Å². The summed E-state index contributed by atoms with van der Waals surface area (Å²) < 4.78 is 0. The van der Waals surface area contributed by atoms with Crippen LogP contribution >= 0.6 is 11.6 Å². The zero-order valence-corrected chi connectivity index (χ0v) is 10.8. The van der Waals surface area contributed by atoms with Crippen LogP contribution < -0.4 is 16.0 Å². The Kier molecular flexibility index (Phi) is 3.01. The Hall–Kier alpha value is -1.10. The summed E-state index contributed by atoms with van der Waals surface area (Å²) in [6, 6.07) is 7.78. The summed E-state index contributed by atoms with van der Waals surface area (Å²) in [5.74, 6) is 0.259. The second kappa shape index (κ2) is 4.53. The summed E-state index contributed by atoms with van der Waals surface area (Å²) >= 11 is 5.92. The van der Waals surface area contributed by atoms with Gasteiger partial charge < -0.3 is 10.6 Å². The van der Waals surface area contributed by atoms with Crippen molar-refractivity contribution in [2.75, 3.05) is 19.8 Å². The van der Waals surface area contributed by atoms with Crippen molar-refractivity contribution < 1.29 is 4.79 Å². The van der Waals surface area contributed by atoms with Crippen LogP contribution in [0.3, 0.4) is 0 Å². The quantitative estimate of drug-likeness (QED) is 0.705. The van der Waals surface area contributed by atoms with Gasteiger partial charge in [-0.25, -0.2) is 0 Å². The molecule has 1 aromatic rings. The Morgan fingerprint density at radius 1 is 1.28 bits per heavy atom. The number of amides is 1. The molecular formula is C13H16ClN3O. The van der Waals surface area contributed by atoms with Gasteiger partial charge in [0.2, 0.25) is 5.91 Å². The first-order chi connectivity index (χ1) is 8.72. The fourth-order valence-corrected chi connectivity index (χ4v) is 3.11. The standard InChI is InChI=1S/C13H16ClN3O/c14-10-3-1-9(2-4-10)11-7-15-6-5-13(11)12(18)16-8-17-13/h1-4,11,15,17H,5-8H2,(H,16,18). The van der Waals surface area contributed by atoms with E-state index in [1.807, 2.05) is 24.3 Å². The second-order valence-electron chi connectivity index (χ2n) is 4.89. The van der Waals surface area contributed by atoms with Crippen molar-refractivity contribution >= 4 is 17.5 Å². The molecule has 2 unspecified atom stereocenters. The van der Waals surface area contributed by atoms with Gasteiger partial charge in [0, 0.05) is 17.5 Å². The lowest BCUT2D eigenvalue weighted by molar-refractivity contribution is -0.125. The molecule has 96 valence electrons. The lowest BCUT2D eigenvalue weighted by Gasteiger charge is -2.39. The molecule has 2 saturated heterocycles. The maximum Gasteiger partial charge on any atom is 0.242 e. The number of nitrogens with one attached hydrogen (secondary N) is 3. The van der Waals surface area contributed by atoms with Crippen molar-refractivity contribution in [1.82, 2.24) is 16.0 Å². The average Bonchev–Trinajstić information content (AvgIpc) is 2.74. The first-order valence-corrected chi connectivity index (χ1v) is 6.60. The molecule has 3 N–H and O–H groups in total.